The van der Waals surface area contributed by atoms with E-state index in [4.69, 9.17) is 3.07 Å². The molecule has 0 aliphatic carbocycles. The molecule has 0 aromatic heterocycles. The molecule has 0 bridgehead atoms. The quantitative estimate of drug-likeness (QED) is 0.136. The second-order valence-corrected chi connectivity index (χ2v) is 9.83. The Labute approximate surface area is 215 Å². The third kappa shape index (κ3) is 10.2. The Morgan fingerprint density at radius 3 is 1.73 bits per heavy atom. The second-order valence-electron chi connectivity index (χ2n) is 9.39. The summed E-state index contributed by atoms with van der Waals surface area (Å²) in [5.74, 6) is -0.499. The summed E-state index contributed by atoms with van der Waals surface area (Å²) in [5.41, 5.74) is 1.50. The van der Waals surface area contributed by atoms with Crippen LogP contribution in [-0.2, 0) is 6.42 Å². The van der Waals surface area contributed by atoms with E-state index >= 15 is 0 Å². The molecule has 184 valence electrons. The monoisotopic (exact) mass is 566 g/mol. The minimum atomic E-state index is -0.952. The van der Waals surface area contributed by atoms with Crippen LogP contribution in [0.25, 0.3) is 10.8 Å². The molecule has 0 unspecified atom stereocenters. The molecule has 0 saturated heterocycles. The minimum absolute atomic E-state index is 0.219. The summed E-state index contributed by atoms with van der Waals surface area (Å²) in [7, 11) is 0. The lowest BCUT2D eigenvalue weighted by Crippen LogP contribution is -2.00. The molecule has 0 amide bonds. The molecule has 0 heterocycles. The number of unbranched alkanes of at least 4 members (excludes halogenated alkanes) is 15. The number of benzene rings is 2. The molecule has 4 heteroatoms. The third-order valence-corrected chi connectivity index (χ3v) is 7.15. The van der Waals surface area contributed by atoms with Crippen LogP contribution < -0.4 is 3.07 Å². The van der Waals surface area contributed by atoms with Crippen molar-refractivity contribution >= 4 is 39.7 Å². The SMILES string of the molecule is CCCCCCCCCCCCCCCCCCc1cccc2c(OI)c(C(=O)O)ccc12. The smallest absolute Gasteiger partial charge is 0.339 e. The summed E-state index contributed by atoms with van der Waals surface area (Å²) in [4.78, 5) is 11.5. The summed E-state index contributed by atoms with van der Waals surface area (Å²) in [5, 5.41) is 11.4. The summed E-state index contributed by atoms with van der Waals surface area (Å²) in [6.45, 7) is 2.28. The highest BCUT2D eigenvalue weighted by Gasteiger charge is 2.16. The molecule has 2 rings (SSSR count). The number of hydrogen-bond donors (Lipinski definition) is 1. The Bertz CT molecular complexity index is 818. The molecule has 0 aliphatic rings. The van der Waals surface area contributed by atoms with Gasteiger partial charge >= 0.3 is 5.97 Å². The number of hydrogen-bond acceptors (Lipinski definition) is 2. The molecule has 3 nitrogen and oxygen atoms in total. The van der Waals surface area contributed by atoms with Gasteiger partial charge in [-0.1, -0.05) is 128 Å². The van der Waals surface area contributed by atoms with Crippen LogP contribution in [0.2, 0.25) is 0 Å². The van der Waals surface area contributed by atoms with E-state index in [-0.39, 0.29) is 5.56 Å². The zero-order valence-corrected chi connectivity index (χ0v) is 22.7. The summed E-state index contributed by atoms with van der Waals surface area (Å²) in [6, 6.07) is 9.71. The highest BCUT2D eigenvalue weighted by atomic mass is 127. The molecule has 33 heavy (non-hydrogen) atoms. The molecule has 1 N–H and O–H groups in total. The highest BCUT2D eigenvalue weighted by Crippen LogP contribution is 2.33. The van der Waals surface area contributed by atoms with Crippen molar-refractivity contribution in [3.63, 3.8) is 0 Å². The molecule has 0 aliphatic heterocycles. The van der Waals surface area contributed by atoms with E-state index in [1.807, 2.05) is 18.2 Å². The number of aryl methyl sites for hydroxylation is 1. The van der Waals surface area contributed by atoms with Crippen molar-refractivity contribution in [3.8, 4) is 5.75 Å². The summed E-state index contributed by atoms with van der Waals surface area (Å²) < 4.78 is 5.40. The fourth-order valence-electron chi connectivity index (χ4n) is 4.73. The third-order valence-electron chi connectivity index (χ3n) is 6.71. The van der Waals surface area contributed by atoms with Crippen molar-refractivity contribution in [2.75, 3.05) is 0 Å². The topological polar surface area (TPSA) is 46.5 Å². The number of rotatable bonds is 19. The summed E-state index contributed by atoms with van der Waals surface area (Å²) in [6.07, 6.45) is 23.1. The lowest BCUT2D eigenvalue weighted by Gasteiger charge is -2.11. The Balaban J connectivity index is 1.56. The van der Waals surface area contributed by atoms with E-state index in [2.05, 4.69) is 13.0 Å². The van der Waals surface area contributed by atoms with E-state index in [9.17, 15) is 9.90 Å². The van der Waals surface area contributed by atoms with Gasteiger partial charge in [0.25, 0.3) is 0 Å². The average Bonchev–Trinajstić information content (AvgIpc) is 2.82. The maximum Gasteiger partial charge on any atom is 0.339 e. The molecular formula is C29H43IO3. The highest BCUT2D eigenvalue weighted by molar-refractivity contribution is 14.1. The Kier molecular flexibility index (Phi) is 14.5. The first kappa shape index (κ1) is 27.9. The molecule has 2 aromatic carbocycles. The van der Waals surface area contributed by atoms with Crippen LogP contribution in [0.3, 0.4) is 0 Å². The minimum Gasteiger partial charge on any atom is -0.478 e. The van der Waals surface area contributed by atoms with E-state index in [0.29, 0.717) is 5.75 Å². The lowest BCUT2D eigenvalue weighted by molar-refractivity contribution is 0.0695. The van der Waals surface area contributed by atoms with Crippen LogP contribution >= 0.6 is 23.0 Å². The van der Waals surface area contributed by atoms with Gasteiger partial charge in [-0.25, -0.2) is 4.79 Å². The van der Waals surface area contributed by atoms with E-state index < -0.39 is 5.97 Å². The number of carboxylic acid groups (broad SMARTS) is 1. The first-order valence-electron chi connectivity index (χ1n) is 13.3. The van der Waals surface area contributed by atoms with Crippen LogP contribution in [0.4, 0.5) is 0 Å². The Morgan fingerprint density at radius 1 is 0.727 bits per heavy atom. The van der Waals surface area contributed by atoms with Crippen molar-refractivity contribution < 1.29 is 13.0 Å². The fraction of sp³-hybridized carbons (Fsp3) is 0.621. The van der Waals surface area contributed by atoms with Gasteiger partial charge in [-0.05, 0) is 29.9 Å². The van der Waals surface area contributed by atoms with Crippen LogP contribution in [-0.4, -0.2) is 11.1 Å². The van der Waals surface area contributed by atoms with E-state index in [0.717, 1.165) is 17.2 Å². The lowest BCUT2D eigenvalue weighted by atomic mass is 9.97. The van der Waals surface area contributed by atoms with Crippen molar-refractivity contribution in [2.45, 2.75) is 116 Å². The molecule has 0 saturated carbocycles. The number of carboxylic acids is 1. The number of aromatic carboxylic acids is 1. The average molecular weight is 567 g/mol. The van der Waals surface area contributed by atoms with E-state index in [1.54, 1.807) is 29.1 Å². The van der Waals surface area contributed by atoms with Gasteiger partial charge in [0.1, 0.15) is 5.56 Å². The van der Waals surface area contributed by atoms with Crippen molar-refractivity contribution in [1.82, 2.24) is 0 Å². The maximum atomic E-state index is 11.5. The predicted octanol–water partition coefficient (Wildman–Crippen LogP) is 10.1. The van der Waals surface area contributed by atoms with Crippen LogP contribution in [0, 0.1) is 0 Å². The van der Waals surface area contributed by atoms with Crippen molar-refractivity contribution in [3.05, 3.63) is 41.5 Å². The van der Waals surface area contributed by atoms with E-state index in [1.165, 1.54) is 108 Å². The zero-order valence-electron chi connectivity index (χ0n) is 20.5. The van der Waals surface area contributed by atoms with Gasteiger partial charge in [0.2, 0.25) is 0 Å². The maximum absolute atomic E-state index is 11.5. The standard InChI is InChI=1S/C29H43IO3/c1-2-3-4-5-6-7-8-9-10-11-12-13-14-15-16-17-19-24-20-18-21-26-25(24)22-23-27(29(31)32)28(26)33-30/h18,20-23H,2-17,19H2,1H3,(H,31,32). The van der Waals surface area contributed by atoms with Crippen molar-refractivity contribution in [1.29, 1.82) is 0 Å². The zero-order chi connectivity index (χ0) is 23.7. The first-order valence-corrected chi connectivity index (χ1v) is 14.1. The van der Waals surface area contributed by atoms with Gasteiger partial charge in [-0.15, -0.1) is 0 Å². The second kappa shape index (κ2) is 17.2. The molecular weight excluding hydrogens is 523 g/mol. The van der Waals surface area contributed by atoms with Crippen molar-refractivity contribution in [2.24, 2.45) is 0 Å². The van der Waals surface area contributed by atoms with Crippen LogP contribution in [0.1, 0.15) is 126 Å². The van der Waals surface area contributed by atoms with Crippen LogP contribution in [0.15, 0.2) is 30.3 Å². The normalized spacial score (nSPS) is 11.2. The van der Waals surface area contributed by atoms with Gasteiger partial charge in [-0.2, -0.15) is 0 Å². The molecule has 0 radical (unpaired) electrons. The van der Waals surface area contributed by atoms with Gasteiger partial charge in [-0.3, -0.25) is 0 Å². The number of carbonyl (C=O) groups is 1. The molecule has 0 spiro atoms. The molecule has 0 fully saturated rings. The Morgan fingerprint density at radius 2 is 1.24 bits per heavy atom. The largest absolute Gasteiger partial charge is 0.478 e. The molecule has 0 atom stereocenters. The first-order chi connectivity index (χ1) is 16.2. The fourth-order valence-corrected chi connectivity index (χ4v) is 5.20. The number of fused-ring (bicyclic) bond motifs is 1. The summed E-state index contributed by atoms with van der Waals surface area (Å²) >= 11 is 1.78. The molecule has 2 aromatic rings. The van der Waals surface area contributed by atoms with Gasteiger partial charge < -0.3 is 8.17 Å². The number of halogens is 1. The van der Waals surface area contributed by atoms with Gasteiger partial charge in [0.15, 0.2) is 28.8 Å². The Hall–Kier alpha value is -1.30. The predicted molar refractivity (Wildman–Crippen MR) is 149 cm³/mol. The van der Waals surface area contributed by atoms with Crippen LogP contribution in [0.5, 0.6) is 5.75 Å². The van der Waals surface area contributed by atoms with Gasteiger partial charge in [0, 0.05) is 5.39 Å². The van der Waals surface area contributed by atoms with Gasteiger partial charge in [0.05, 0.1) is 0 Å².